The molecule has 0 aliphatic heterocycles. The number of carboxylic acid groups (broad SMARTS) is 2. The summed E-state index contributed by atoms with van der Waals surface area (Å²) in [6.07, 6.45) is -0.242. The minimum absolute atomic E-state index is 0.0880. The third-order valence-corrected chi connectivity index (χ3v) is 1.19. The molecule has 0 aromatic rings. The number of carbonyl (C=O) groups is 2. The summed E-state index contributed by atoms with van der Waals surface area (Å²) in [4.78, 5) is 20.9. The van der Waals surface area contributed by atoms with Gasteiger partial charge in [0.2, 0.25) is 0 Å². The molecule has 0 heterocycles. The predicted molar refractivity (Wildman–Crippen MR) is 44.2 cm³/mol. The minimum atomic E-state index is -1.49. The van der Waals surface area contributed by atoms with Crippen molar-refractivity contribution in [3.8, 4) is 0 Å². The molecule has 0 saturated carbocycles. The van der Waals surface area contributed by atoms with Crippen LogP contribution in [-0.4, -0.2) is 28.3 Å². The molecule has 13 heavy (non-hydrogen) atoms. The first-order valence-corrected chi connectivity index (χ1v) is 3.70. The van der Waals surface area contributed by atoms with Crippen LogP contribution in [0.4, 0.5) is 0 Å². The van der Waals surface area contributed by atoms with Gasteiger partial charge in [-0.05, 0) is 20.8 Å². The van der Waals surface area contributed by atoms with E-state index >= 15 is 0 Å². The molecule has 0 radical (unpaired) electrons. The van der Waals surface area contributed by atoms with E-state index in [9.17, 15) is 9.59 Å². The summed E-state index contributed by atoms with van der Waals surface area (Å²) in [6.45, 7) is 4.69. The van der Waals surface area contributed by atoms with Crippen LogP contribution in [0.25, 0.3) is 0 Å². The zero-order valence-corrected chi connectivity index (χ0v) is 7.70. The first kappa shape index (κ1) is 11.5. The number of carboxylic acids is 2. The van der Waals surface area contributed by atoms with Crippen LogP contribution in [0.2, 0.25) is 0 Å². The molecule has 0 spiro atoms. The minimum Gasteiger partial charge on any atom is -0.494 e. The molecule has 0 saturated heterocycles. The number of ether oxygens (including phenoxy) is 1. The largest absolute Gasteiger partial charge is 0.494 e. The van der Waals surface area contributed by atoms with E-state index in [0.717, 1.165) is 0 Å². The molecule has 0 amide bonds. The highest BCUT2D eigenvalue weighted by molar-refractivity contribution is 6.12. The van der Waals surface area contributed by atoms with Gasteiger partial charge in [0.25, 0.3) is 0 Å². The monoisotopic (exact) mass is 188 g/mol. The lowest BCUT2D eigenvalue weighted by Crippen LogP contribution is -2.16. The summed E-state index contributed by atoms with van der Waals surface area (Å²) in [7, 11) is 0. The molecule has 0 bridgehead atoms. The quantitative estimate of drug-likeness (QED) is 0.296. The Morgan fingerprint density at radius 3 is 1.77 bits per heavy atom. The van der Waals surface area contributed by atoms with Crippen molar-refractivity contribution < 1.29 is 24.5 Å². The van der Waals surface area contributed by atoms with Gasteiger partial charge in [-0.25, -0.2) is 9.59 Å². The second kappa shape index (κ2) is 4.49. The molecule has 0 aromatic heterocycles. The molecule has 2 N–H and O–H groups in total. The van der Waals surface area contributed by atoms with Crippen LogP contribution >= 0.6 is 0 Å². The summed E-state index contributed by atoms with van der Waals surface area (Å²) in [5.74, 6) is -3.08. The number of rotatable bonds is 4. The molecule has 0 unspecified atom stereocenters. The number of hydrogen-bond donors (Lipinski definition) is 2. The van der Waals surface area contributed by atoms with E-state index in [1.807, 2.05) is 0 Å². The van der Waals surface area contributed by atoms with Crippen LogP contribution in [0, 0.1) is 0 Å². The second-order valence-corrected chi connectivity index (χ2v) is 2.71. The Hall–Kier alpha value is -1.52. The van der Waals surface area contributed by atoms with Gasteiger partial charge in [0.15, 0.2) is 5.57 Å². The number of aliphatic carboxylic acids is 2. The average molecular weight is 188 g/mol. The zero-order valence-electron chi connectivity index (χ0n) is 7.70. The highest BCUT2D eigenvalue weighted by Crippen LogP contribution is 2.09. The third-order valence-electron chi connectivity index (χ3n) is 1.19. The second-order valence-electron chi connectivity index (χ2n) is 2.71. The smallest absolute Gasteiger partial charge is 0.346 e. The van der Waals surface area contributed by atoms with E-state index in [2.05, 4.69) is 0 Å². The molecular formula is C8H12O5. The molecule has 0 aliphatic rings. The molecule has 0 atom stereocenters. The van der Waals surface area contributed by atoms with E-state index in [4.69, 9.17) is 14.9 Å². The fourth-order valence-electron chi connectivity index (χ4n) is 0.805. The lowest BCUT2D eigenvalue weighted by molar-refractivity contribution is -0.140. The topological polar surface area (TPSA) is 83.8 Å². The number of hydrogen-bond acceptors (Lipinski definition) is 3. The van der Waals surface area contributed by atoms with Gasteiger partial charge in [-0.15, -0.1) is 0 Å². The molecule has 0 aliphatic carbocycles. The SMILES string of the molecule is CC(OC(C)C)=C(C(=O)O)C(=O)O. The third kappa shape index (κ3) is 3.59. The van der Waals surface area contributed by atoms with Gasteiger partial charge in [-0.3, -0.25) is 0 Å². The normalized spacial score (nSPS) is 9.54. The summed E-state index contributed by atoms with van der Waals surface area (Å²) in [6, 6.07) is 0. The predicted octanol–water partition coefficient (Wildman–Crippen LogP) is 0.855. The van der Waals surface area contributed by atoms with Crippen molar-refractivity contribution in [2.24, 2.45) is 0 Å². The zero-order chi connectivity index (χ0) is 10.6. The Morgan fingerprint density at radius 2 is 1.54 bits per heavy atom. The van der Waals surface area contributed by atoms with Crippen LogP contribution in [0.5, 0.6) is 0 Å². The standard InChI is InChI=1S/C8H12O5/c1-4(2)13-5(3)6(7(9)10)8(11)12/h4H,1-3H3,(H,9,10)(H,11,12). The van der Waals surface area contributed by atoms with Crippen LogP contribution in [-0.2, 0) is 14.3 Å². The molecular weight excluding hydrogens is 176 g/mol. The Kier molecular flexibility index (Phi) is 3.97. The number of allylic oxidation sites excluding steroid dienone is 1. The van der Waals surface area contributed by atoms with Gasteiger partial charge in [0.1, 0.15) is 5.76 Å². The summed E-state index contributed by atoms with van der Waals surface area (Å²) < 4.78 is 4.95. The van der Waals surface area contributed by atoms with Crippen molar-refractivity contribution in [1.82, 2.24) is 0 Å². The maximum atomic E-state index is 10.4. The molecule has 0 fully saturated rings. The molecule has 0 aromatic carbocycles. The van der Waals surface area contributed by atoms with Gasteiger partial charge in [0.05, 0.1) is 6.10 Å². The lowest BCUT2D eigenvalue weighted by atomic mass is 10.2. The fraction of sp³-hybridized carbons (Fsp3) is 0.500. The maximum Gasteiger partial charge on any atom is 0.346 e. The Bertz CT molecular complexity index is 235. The van der Waals surface area contributed by atoms with Crippen molar-refractivity contribution in [2.45, 2.75) is 26.9 Å². The van der Waals surface area contributed by atoms with E-state index in [-0.39, 0.29) is 11.9 Å². The van der Waals surface area contributed by atoms with Crippen molar-refractivity contribution in [1.29, 1.82) is 0 Å². The Labute approximate surface area is 75.6 Å². The van der Waals surface area contributed by atoms with E-state index in [1.165, 1.54) is 6.92 Å². The van der Waals surface area contributed by atoms with E-state index < -0.39 is 17.5 Å². The van der Waals surface area contributed by atoms with Crippen molar-refractivity contribution in [3.05, 3.63) is 11.3 Å². The molecule has 74 valence electrons. The van der Waals surface area contributed by atoms with Crippen LogP contribution in [0.3, 0.4) is 0 Å². The molecule has 5 heteroatoms. The highest BCUT2D eigenvalue weighted by Gasteiger charge is 2.21. The van der Waals surface area contributed by atoms with E-state index in [0.29, 0.717) is 0 Å². The van der Waals surface area contributed by atoms with Gasteiger partial charge in [-0.2, -0.15) is 0 Å². The first-order chi connectivity index (χ1) is 5.86. The summed E-state index contributed by atoms with van der Waals surface area (Å²) in [5.41, 5.74) is -0.728. The van der Waals surface area contributed by atoms with Crippen molar-refractivity contribution in [2.75, 3.05) is 0 Å². The fourth-order valence-corrected chi connectivity index (χ4v) is 0.805. The average Bonchev–Trinajstić information content (AvgIpc) is 1.81. The van der Waals surface area contributed by atoms with Crippen molar-refractivity contribution in [3.63, 3.8) is 0 Å². The Balaban J connectivity index is 4.87. The van der Waals surface area contributed by atoms with Crippen molar-refractivity contribution >= 4 is 11.9 Å². The van der Waals surface area contributed by atoms with E-state index in [1.54, 1.807) is 13.8 Å². The maximum absolute atomic E-state index is 10.4. The van der Waals surface area contributed by atoms with Gasteiger partial charge >= 0.3 is 11.9 Å². The van der Waals surface area contributed by atoms with Crippen LogP contribution < -0.4 is 0 Å². The molecule has 5 nitrogen and oxygen atoms in total. The summed E-state index contributed by atoms with van der Waals surface area (Å²) in [5, 5.41) is 17.0. The summed E-state index contributed by atoms with van der Waals surface area (Å²) >= 11 is 0. The van der Waals surface area contributed by atoms with Crippen LogP contribution in [0.1, 0.15) is 20.8 Å². The van der Waals surface area contributed by atoms with Gasteiger partial charge in [0, 0.05) is 0 Å². The van der Waals surface area contributed by atoms with Gasteiger partial charge in [-0.1, -0.05) is 0 Å². The highest BCUT2D eigenvalue weighted by atomic mass is 16.5. The van der Waals surface area contributed by atoms with Gasteiger partial charge < -0.3 is 14.9 Å². The first-order valence-electron chi connectivity index (χ1n) is 3.70. The van der Waals surface area contributed by atoms with Crippen LogP contribution in [0.15, 0.2) is 11.3 Å². The Morgan fingerprint density at radius 1 is 1.15 bits per heavy atom. The molecule has 0 rings (SSSR count). The lowest BCUT2D eigenvalue weighted by Gasteiger charge is -2.10.